The van der Waals surface area contributed by atoms with E-state index in [1.54, 1.807) is 11.1 Å². The molecular formula is C18H28N2. The maximum Gasteiger partial charge on any atom is 0.0195 e. The molecule has 110 valence electrons. The van der Waals surface area contributed by atoms with Gasteiger partial charge in [0.2, 0.25) is 0 Å². The van der Waals surface area contributed by atoms with Crippen molar-refractivity contribution in [3.63, 3.8) is 0 Å². The molecule has 3 unspecified atom stereocenters. The van der Waals surface area contributed by atoms with Gasteiger partial charge in [-0.2, -0.15) is 0 Å². The Hall–Kier alpha value is -0.860. The predicted molar refractivity (Wildman–Crippen MR) is 85.2 cm³/mol. The van der Waals surface area contributed by atoms with Crippen molar-refractivity contribution in [1.29, 1.82) is 0 Å². The van der Waals surface area contributed by atoms with E-state index in [0.717, 1.165) is 12.0 Å². The summed E-state index contributed by atoms with van der Waals surface area (Å²) in [7, 11) is 0. The molecule has 0 saturated carbocycles. The summed E-state index contributed by atoms with van der Waals surface area (Å²) in [5.41, 5.74) is 3.17. The molecule has 2 nitrogen and oxygen atoms in total. The lowest BCUT2D eigenvalue weighted by atomic mass is 9.77. The molecule has 1 aromatic rings. The van der Waals surface area contributed by atoms with Crippen LogP contribution in [0.15, 0.2) is 24.3 Å². The Morgan fingerprint density at radius 1 is 1.30 bits per heavy atom. The molecule has 1 saturated heterocycles. The van der Waals surface area contributed by atoms with Crippen LogP contribution in [0.4, 0.5) is 0 Å². The van der Waals surface area contributed by atoms with Gasteiger partial charge in [-0.05, 0) is 43.9 Å². The van der Waals surface area contributed by atoms with Crippen LogP contribution >= 0.6 is 0 Å². The van der Waals surface area contributed by atoms with E-state index >= 15 is 0 Å². The normalized spacial score (nSPS) is 30.4. The zero-order valence-electron chi connectivity index (χ0n) is 12.9. The zero-order chi connectivity index (χ0) is 13.9. The first kappa shape index (κ1) is 14.1. The van der Waals surface area contributed by atoms with Crippen LogP contribution in [0.3, 0.4) is 0 Å². The molecule has 1 N–H and O–H groups in total. The largest absolute Gasteiger partial charge is 0.313 e. The van der Waals surface area contributed by atoms with Crippen molar-refractivity contribution in [2.45, 2.75) is 57.5 Å². The van der Waals surface area contributed by atoms with Gasteiger partial charge in [-0.1, -0.05) is 37.6 Å². The van der Waals surface area contributed by atoms with E-state index in [1.165, 1.54) is 45.3 Å². The van der Waals surface area contributed by atoms with E-state index in [1.807, 2.05) is 0 Å². The van der Waals surface area contributed by atoms with Crippen LogP contribution in [0.1, 0.15) is 50.2 Å². The van der Waals surface area contributed by atoms with Gasteiger partial charge in [0.05, 0.1) is 0 Å². The summed E-state index contributed by atoms with van der Waals surface area (Å²) in [6, 6.07) is 10.4. The smallest absolute Gasteiger partial charge is 0.0195 e. The van der Waals surface area contributed by atoms with Crippen molar-refractivity contribution < 1.29 is 0 Å². The number of rotatable bonds is 4. The van der Waals surface area contributed by atoms with Crippen molar-refractivity contribution in [3.05, 3.63) is 35.4 Å². The Bertz CT molecular complexity index is 443. The van der Waals surface area contributed by atoms with E-state index in [-0.39, 0.29) is 0 Å². The molecule has 0 radical (unpaired) electrons. The van der Waals surface area contributed by atoms with Gasteiger partial charge in [-0.3, -0.25) is 4.90 Å². The summed E-state index contributed by atoms with van der Waals surface area (Å²) in [5, 5.41) is 3.73. The highest BCUT2D eigenvalue weighted by molar-refractivity contribution is 5.40. The van der Waals surface area contributed by atoms with Crippen molar-refractivity contribution >= 4 is 0 Å². The lowest BCUT2D eigenvalue weighted by Crippen LogP contribution is -2.43. The van der Waals surface area contributed by atoms with Crippen molar-refractivity contribution in [1.82, 2.24) is 10.2 Å². The molecule has 3 rings (SSSR count). The molecule has 0 amide bonds. The van der Waals surface area contributed by atoms with Gasteiger partial charge in [-0.25, -0.2) is 0 Å². The minimum Gasteiger partial charge on any atom is -0.313 e. The first-order chi connectivity index (χ1) is 9.78. The highest BCUT2D eigenvalue weighted by Gasteiger charge is 2.30. The van der Waals surface area contributed by atoms with Crippen LogP contribution in [-0.2, 0) is 6.42 Å². The summed E-state index contributed by atoms with van der Waals surface area (Å²) in [6.07, 6.45) is 5.16. The number of hydrogen-bond donors (Lipinski definition) is 1. The number of fused-ring (bicyclic) bond motifs is 1. The summed E-state index contributed by atoms with van der Waals surface area (Å²) in [4.78, 5) is 2.74. The fourth-order valence-corrected chi connectivity index (χ4v) is 3.81. The Labute approximate surface area is 123 Å². The van der Waals surface area contributed by atoms with E-state index in [2.05, 4.69) is 48.3 Å². The van der Waals surface area contributed by atoms with Crippen molar-refractivity contribution in [2.24, 2.45) is 0 Å². The molecule has 1 aliphatic heterocycles. The number of hydrogen-bond acceptors (Lipinski definition) is 2. The summed E-state index contributed by atoms with van der Waals surface area (Å²) in [6.45, 7) is 8.36. The van der Waals surface area contributed by atoms with E-state index < -0.39 is 0 Å². The number of nitrogens with one attached hydrogen (secondary N) is 1. The maximum absolute atomic E-state index is 3.73. The van der Waals surface area contributed by atoms with Gasteiger partial charge in [0.15, 0.2) is 0 Å². The minimum absolute atomic E-state index is 0.695. The molecule has 1 aliphatic carbocycles. The Balaban J connectivity index is 1.63. The topological polar surface area (TPSA) is 15.3 Å². The second-order valence-corrected chi connectivity index (χ2v) is 6.63. The Morgan fingerprint density at radius 2 is 2.15 bits per heavy atom. The number of nitrogens with zero attached hydrogens (tertiary/aromatic N) is 1. The van der Waals surface area contributed by atoms with Crippen molar-refractivity contribution in [3.8, 4) is 0 Å². The van der Waals surface area contributed by atoms with Gasteiger partial charge >= 0.3 is 0 Å². The van der Waals surface area contributed by atoms with Gasteiger partial charge < -0.3 is 5.32 Å². The van der Waals surface area contributed by atoms with E-state index in [4.69, 9.17) is 0 Å². The third kappa shape index (κ3) is 2.91. The molecule has 20 heavy (non-hydrogen) atoms. The first-order valence-electron chi connectivity index (χ1n) is 8.33. The van der Waals surface area contributed by atoms with Crippen LogP contribution in [0, 0.1) is 0 Å². The van der Waals surface area contributed by atoms with Gasteiger partial charge in [-0.15, -0.1) is 0 Å². The average Bonchev–Trinajstić information content (AvgIpc) is 2.59. The van der Waals surface area contributed by atoms with Gasteiger partial charge in [0.1, 0.15) is 0 Å². The lowest BCUT2D eigenvalue weighted by molar-refractivity contribution is 0.184. The molecule has 0 bridgehead atoms. The van der Waals surface area contributed by atoms with Gasteiger partial charge in [0, 0.05) is 31.1 Å². The third-order valence-electron chi connectivity index (χ3n) is 5.13. The molecule has 3 atom stereocenters. The Kier molecular flexibility index (Phi) is 4.42. The molecule has 1 fully saturated rings. The summed E-state index contributed by atoms with van der Waals surface area (Å²) in [5.74, 6) is 0.772. The second kappa shape index (κ2) is 6.28. The van der Waals surface area contributed by atoms with Crippen LogP contribution in [-0.4, -0.2) is 36.6 Å². The fraction of sp³-hybridized carbons (Fsp3) is 0.667. The second-order valence-electron chi connectivity index (χ2n) is 6.63. The molecule has 0 spiro atoms. The Morgan fingerprint density at radius 3 is 2.95 bits per heavy atom. The minimum atomic E-state index is 0.695. The van der Waals surface area contributed by atoms with Crippen LogP contribution in [0.5, 0.6) is 0 Å². The van der Waals surface area contributed by atoms with Crippen LogP contribution < -0.4 is 5.32 Å². The standard InChI is InChI=1S/C18H28N2/c1-3-6-17-13-20(14(2)9-10-19-17)12-16-11-15-7-4-5-8-18(15)16/h4-5,7-8,14,16-17,19H,3,6,9-13H2,1-2H3. The first-order valence-corrected chi connectivity index (χ1v) is 8.33. The monoisotopic (exact) mass is 272 g/mol. The van der Waals surface area contributed by atoms with Crippen molar-refractivity contribution in [2.75, 3.05) is 19.6 Å². The maximum atomic E-state index is 3.73. The molecule has 0 aromatic heterocycles. The highest BCUT2D eigenvalue weighted by Crippen LogP contribution is 2.36. The van der Waals surface area contributed by atoms with Crippen LogP contribution in [0.2, 0.25) is 0 Å². The molecule has 1 aromatic carbocycles. The number of benzene rings is 1. The molecular weight excluding hydrogens is 244 g/mol. The third-order valence-corrected chi connectivity index (χ3v) is 5.13. The predicted octanol–water partition coefficient (Wildman–Crippen LogP) is 3.18. The molecule has 2 heteroatoms. The van der Waals surface area contributed by atoms with E-state index in [9.17, 15) is 0 Å². The fourth-order valence-electron chi connectivity index (χ4n) is 3.81. The zero-order valence-corrected chi connectivity index (χ0v) is 12.9. The quantitative estimate of drug-likeness (QED) is 0.905. The summed E-state index contributed by atoms with van der Waals surface area (Å²) < 4.78 is 0. The van der Waals surface area contributed by atoms with E-state index in [0.29, 0.717) is 6.04 Å². The lowest BCUT2D eigenvalue weighted by Gasteiger charge is -2.37. The molecule has 1 heterocycles. The average molecular weight is 272 g/mol. The van der Waals surface area contributed by atoms with Crippen LogP contribution in [0.25, 0.3) is 0 Å². The van der Waals surface area contributed by atoms with Gasteiger partial charge in [0.25, 0.3) is 0 Å². The SMILES string of the molecule is CCCC1CN(CC2Cc3ccccc32)C(C)CCN1. The summed E-state index contributed by atoms with van der Waals surface area (Å²) >= 11 is 0. The molecule has 2 aliphatic rings. The highest BCUT2D eigenvalue weighted by atomic mass is 15.2.